The van der Waals surface area contributed by atoms with Crippen molar-refractivity contribution in [3.05, 3.63) is 64.2 Å². The lowest BCUT2D eigenvalue weighted by atomic mass is 9.95. The number of Topliss-reactive ketones (excluding diaryl/α,β-unsaturated/α-hetero) is 1. The molecular weight excluding hydrogens is 460 g/mol. The van der Waals surface area contributed by atoms with Crippen LogP contribution in [0.4, 0.5) is 0 Å². The van der Waals surface area contributed by atoms with Gasteiger partial charge >= 0.3 is 0 Å². The quantitative estimate of drug-likeness (QED) is 0.352. The lowest BCUT2D eigenvalue weighted by molar-refractivity contribution is -0.140. The monoisotopic (exact) mass is 486 g/mol. The Hall–Kier alpha value is -3.07. The van der Waals surface area contributed by atoms with Gasteiger partial charge in [0.05, 0.1) is 37.5 Å². The summed E-state index contributed by atoms with van der Waals surface area (Å²) in [5, 5.41) is 22.1. The van der Waals surface area contributed by atoms with E-state index < -0.39 is 23.5 Å². The summed E-state index contributed by atoms with van der Waals surface area (Å²) in [6.07, 6.45) is 0.658. The minimum Gasteiger partial charge on any atom is -0.507 e. The third-order valence-electron chi connectivity index (χ3n) is 6.16. The number of likely N-dealkylation sites (tertiary alicyclic amines) is 1. The first kappa shape index (κ1) is 24.1. The fraction of sp³-hybridized carbons (Fsp3) is 0.360. The maximum atomic E-state index is 13.1. The van der Waals surface area contributed by atoms with Gasteiger partial charge in [-0.15, -0.1) is 0 Å². The van der Waals surface area contributed by atoms with Gasteiger partial charge in [0.25, 0.3) is 11.7 Å². The number of ketones is 1. The smallest absolute Gasteiger partial charge is 0.295 e. The molecule has 0 aromatic heterocycles. The van der Waals surface area contributed by atoms with E-state index in [1.807, 2.05) is 0 Å². The van der Waals surface area contributed by atoms with Gasteiger partial charge in [0.1, 0.15) is 17.3 Å². The Morgan fingerprint density at radius 2 is 1.82 bits per heavy atom. The molecule has 2 fully saturated rings. The second-order valence-electron chi connectivity index (χ2n) is 8.23. The number of amides is 1. The Labute approximate surface area is 202 Å². The minimum atomic E-state index is -0.802. The van der Waals surface area contributed by atoms with Crippen LogP contribution in [0, 0.1) is 0 Å². The van der Waals surface area contributed by atoms with E-state index in [9.17, 15) is 19.8 Å². The van der Waals surface area contributed by atoms with Crippen molar-refractivity contribution < 1.29 is 29.3 Å². The molecule has 0 radical (unpaired) electrons. The van der Waals surface area contributed by atoms with E-state index in [1.165, 1.54) is 24.1 Å². The number of aromatic hydroxyl groups is 1. The molecule has 0 aliphatic carbocycles. The van der Waals surface area contributed by atoms with Crippen LogP contribution in [0.2, 0.25) is 5.02 Å². The number of aliphatic hydroxyl groups is 1. The number of rotatable bonds is 7. The van der Waals surface area contributed by atoms with Crippen LogP contribution >= 0.6 is 11.6 Å². The Morgan fingerprint density at radius 3 is 2.47 bits per heavy atom. The van der Waals surface area contributed by atoms with Gasteiger partial charge in [0, 0.05) is 37.3 Å². The molecule has 9 heteroatoms. The van der Waals surface area contributed by atoms with Crippen LogP contribution in [0.3, 0.4) is 0 Å². The third-order valence-corrected chi connectivity index (χ3v) is 6.41. The SMILES string of the molecule is COc1ccc(/C(O)=C2\C(=O)C(=O)N(CCCN3CCOCC3)C2c2ccc(Cl)cc2)c(O)c1. The van der Waals surface area contributed by atoms with E-state index in [-0.39, 0.29) is 16.9 Å². The van der Waals surface area contributed by atoms with Crippen LogP contribution in [0.1, 0.15) is 23.6 Å². The molecule has 2 aromatic rings. The van der Waals surface area contributed by atoms with E-state index in [4.69, 9.17) is 21.1 Å². The number of hydrogen-bond donors (Lipinski definition) is 2. The zero-order valence-corrected chi connectivity index (χ0v) is 19.6. The van der Waals surface area contributed by atoms with Crippen molar-refractivity contribution in [1.29, 1.82) is 0 Å². The van der Waals surface area contributed by atoms with Gasteiger partial charge in [-0.2, -0.15) is 0 Å². The number of hydrogen-bond acceptors (Lipinski definition) is 7. The molecule has 0 spiro atoms. The van der Waals surface area contributed by atoms with Crippen molar-refractivity contribution in [2.75, 3.05) is 46.5 Å². The lowest BCUT2D eigenvalue weighted by Gasteiger charge is -2.29. The molecule has 0 bridgehead atoms. The van der Waals surface area contributed by atoms with Gasteiger partial charge < -0.3 is 24.6 Å². The van der Waals surface area contributed by atoms with E-state index >= 15 is 0 Å². The van der Waals surface area contributed by atoms with Crippen LogP contribution in [0.15, 0.2) is 48.0 Å². The van der Waals surface area contributed by atoms with Gasteiger partial charge in [0.15, 0.2) is 0 Å². The van der Waals surface area contributed by atoms with Gasteiger partial charge in [-0.05, 0) is 36.2 Å². The highest BCUT2D eigenvalue weighted by Crippen LogP contribution is 2.41. The maximum Gasteiger partial charge on any atom is 0.295 e. The molecule has 2 aromatic carbocycles. The number of methoxy groups -OCH3 is 1. The predicted octanol–water partition coefficient (Wildman–Crippen LogP) is 3.20. The molecule has 4 rings (SSSR count). The number of halogens is 1. The van der Waals surface area contributed by atoms with Crippen LogP contribution in [0.25, 0.3) is 5.76 Å². The molecule has 2 aliphatic rings. The summed E-state index contributed by atoms with van der Waals surface area (Å²) in [5.41, 5.74) is 0.620. The molecule has 34 heavy (non-hydrogen) atoms. The van der Waals surface area contributed by atoms with Gasteiger partial charge in [-0.25, -0.2) is 0 Å². The number of ether oxygens (including phenoxy) is 2. The van der Waals surface area contributed by atoms with E-state index in [1.54, 1.807) is 30.3 Å². The van der Waals surface area contributed by atoms with Gasteiger partial charge in [-0.3, -0.25) is 14.5 Å². The number of benzene rings is 2. The highest BCUT2D eigenvalue weighted by Gasteiger charge is 2.46. The number of carbonyl (C=O) groups excluding carboxylic acids is 2. The van der Waals surface area contributed by atoms with Crippen molar-refractivity contribution in [1.82, 2.24) is 9.80 Å². The van der Waals surface area contributed by atoms with E-state index in [0.717, 1.165) is 19.6 Å². The van der Waals surface area contributed by atoms with E-state index in [2.05, 4.69) is 4.90 Å². The maximum absolute atomic E-state index is 13.1. The average Bonchev–Trinajstić information content (AvgIpc) is 3.09. The molecule has 8 nitrogen and oxygen atoms in total. The summed E-state index contributed by atoms with van der Waals surface area (Å²) >= 11 is 6.06. The van der Waals surface area contributed by atoms with Crippen LogP contribution in [-0.2, 0) is 14.3 Å². The normalized spacial score (nSPS) is 20.6. The van der Waals surface area contributed by atoms with Gasteiger partial charge in [0.2, 0.25) is 0 Å². The van der Waals surface area contributed by atoms with Crippen LogP contribution < -0.4 is 4.74 Å². The summed E-state index contributed by atoms with van der Waals surface area (Å²) in [6.45, 7) is 4.12. The van der Waals surface area contributed by atoms with Crippen molar-refractivity contribution in [3.8, 4) is 11.5 Å². The molecule has 2 saturated heterocycles. The van der Waals surface area contributed by atoms with Gasteiger partial charge in [-0.1, -0.05) is 23.7 Å². The third kappa shape index (κ3) is 4.89. The van der Waals surface area contributed by atoms with Crippen molar-refractivity contribution in [2.24, 2.45) is 0 Å². The summed E-state index contributed by atoms with van der Waals surface area (Å²) in [4.78, 5) is 29.9. The lowest BCUT2D eigenvalue weighted by Crippen LogP contribution is -2.38. The summed E-state index contributed by atoms with van der Waals surface area (Å²) < 4.78 is 10.5. The molecule has 2 N–H and O–H groups in total. The first-order chi connectivity index (χ1) is 16.4. The second-order valence-corrected chi connectivity index (χ2v) is 8.67. The Balaban J connectivity index is 1.69. The number of carbonyl (C=O) groups is 2. The summed E-state index contributed by atoms with van der Waals surface area (Å²) in [7, 11) is 1.46. The van der Waals surface area contributed by atoms with Crippen molar-refractivity contribution in [2.45, 2.75) is 12.5 Å². The average molecular weight is 487 g/mol. The Bertz CT molecular complexity index is 1100. The molecule has 2 heterocycles. The number of nitrogens with zero attached hydrogens (tertiary/aromatic N) is 2. The predicted molar refractivity (Wildman–Crippen MR) is 127 cm³/mol. The van der Waals surface area contributed by atoms with Crippen LogP contribution in [0.5, 0.6) is 11.5 Å². The zero-order valence-electron chi connectivity index (χ0n) is 18.9. The molecule has 1 unspecified atom stereocenters. The van der Waals surface area contributed by atoms with Crippen LogP contribution in [-0.4, -0.2) is 78.2 Å². The first-order valence-corrected chi connectivity index (χ1v) is 11.5. The first-order valence-electron chi connectivity index (χ1n) is 11.1. The Kier molecular flexibility index (Phi) is 7.41. The number of morpholine rings is 1. The number of phenols is 1. The highest BCUT2D eigenvalue weighted by atomic mass is 35.5. The second kappa shape index (κ2) is 10.5. The molecule has 1 atom stereocenters. The zero-order chi connectivity index (χ0) is 24.2. The molecular formula is C25H27ClN2O6. The standard InChI is InChI=1S/C25H27ClN2O6/c1-33-18-7-8-19(20(29)15-18)23(30)21-22(16-3-5-17(26)6-4-16)28(25(32)24(21)31)10-2-9-27-11-13-34-14-12-27/h3-8,15,22,29-30H,2,9-14H2,1H3/b23-21+. The number of aliphatic hydroxyl groups excluding tert-OH is 1. The fourth-order valence-electron chi connectivity index (χ4n) is 4.38. The largest absolute Gasteiger partial charge is 0.507 e. The molecule has 2 aliphatic heterocycles. The highest BCUT2D eigenvalue weighted by molar-refractivity contribution is 6.46. The fourth-order valence-corrected chi connectivity index (χ4v) is 4.50. The molecule has 1 amide bonds. The summed E-state index contributed by atoms with van der Waals surface area (Å²) in [6, 6.07) is 10.4. The van der Waals surface area contributed by atoms with E-state index in [0.29, 0.717) is 42.5 Å². The van der Waals surface area contributed by atoms with Crippen molar-refractivity contribution in [3.63, 3.8) is 0 Å². The molecule has 0 saturated carbocycles. The molecule has 180 valence electrons. The topological polar surface area (TPSA) is 99.5 Å². The number of phenolic OH excluding ortho intramolecular Hbond substituents is 1. The Morgan fingerprint density at radius 1 is 1.12 bits per heavy atom. The summed E-state index contributed by atoms with van der Waals surface area (Å²) in [5.74, 6) is -1.78. The minimum absolute atomic E-state index is 0.0473. The van der Waals surface area contributed by atoms with Crippen molar-refractivity contribution >= 4 is 29.1 Å².